The summed E-state index contributed by atoms with van der Waals surface area (Å²) in [6.45, 7) is 10.4. The van der Waals surface area contributed by atoms with E-state index in [9.17, 15) is 0 Å². The third-order valence-corrected chi connectivity index (χ3v) is 4.36. The van der Waals surface area contributed by atoms with Crippen LogP contribution in [0.25, 0.3) is 0 Å². The summed E-state index contributed by atoms with van der Waals surface area (Å²) in [5.41, 5.74) is 7.57. The highest BCUT2D eigenvalue weighted by Gasteiger charge is 2.19. The van der Waals surface area contributed by atoms with Gasteiger partial charge in [0.25, 0.3) is 0 Å². The minimum absolute atomic E-state index is 0.458. The maximum atomic E-state index is 6.44. The predicted octanol–water partition coefficient (Wildman–Crippen LogP) is 4.59. The van der Waals surface area contributed by atoms with Gasteiger partial charge in [-0.25, -0.2) is 9.97 Å². The first-order valence-corrected chi connectivity index (χ1v) is 9.68. The highest BCUT2D eigenvalue weighted by molar-refractivity contribution is 6.32. The number of ether oxygens (including phenoxy) is 2. The van der Waals surface area contributed by atoms with Crippen LogP contribution >= 0.6 is 11.6 Å². The monoisotopic (exact) mass is 407 g/mol. The Bertz CT molecular complexity index is 788. The van der Waals surface area contributed by atoms with Gasteiger partial charge in [0.15, 0.2) is 11.6 Å². The fraction of sp³-hybridized carbons (Fsp3) is 0.500. The Labute approximate surface area is 172 Å². The molecule has 1 aromatic carbocycles. The standard InChI is InChI=1S/C20H30ClN5O2/c1-12(2)9-26(10-13(3)4)20-18(22)19(23-11-24-20)25-15-7-14(21)16(27-5)8-17(15)28-6/h7-8,11-13H,9-10,22H2,1-6H3,(H,23,24,25). The summed E-state index contributed by atoms with van der Waals surface area (Å²) in [5, 5.41) is 3.68. The van der Waals surface area contributed by atoms with Gasteiger partial charge < -0.3 is 25.4 Å². The molecule has 7 nitrogen and oxygen atoms in total. The molecule has 0 aliphatic heterocycles. The minimum atomic E-state index is 0.458. The second kappa shape index (κ2) is 9.68. The lowest BCUT2D eigenvalue weighted by molar-refractivity contribution is 0.396. The number of nitrogen functional groups attached to an aromatic ring is 1. The summed E-state index contributed by atoms with van der Waals surface area (Å²) in [4.78, 5) is 11.0. The van der Waals surface area contributed by atoms with E-state index in [1.807, 2.05) is 0 Å². The molecular formula is C20H30ClN5O2. The summed E-state index contributed by atoms with van der Waals surface area (Å²) in [6, 6.07) is 3.44. The number of anilines is 4. The van der Waals surface area contributed by atoms with Gasteiger partial charge in [-0.2, -0.15) is 0 Å². The molecule has 2 rings (SSSR count). The third-order valence-electron chi connectivity index (χ3n) is 4.06. The highest BCUT2D eigenvalue weighted by atomic mass is 35.5. The van der Waals surface area contributed by atoms with Gasteiger partial charge in [-0.15, -0.1) is 0 Å². The SMILES string of the molecule is COc1cc(OC)c(Nc2ncnc(N(CC(C)C)CC(C)C)c2N)cc1Cl. The van der Waals surface area contributed by atoms with E-state index in [1.165, 1.54) is 6.33 Å². The summed E-state index contributed by atoms with van der Waals surface area (Å²) >= 11 is 6.27. The molecule has 0 radical (unpaired) electrons. The number of rotatable bonds is 9. The van der Waals surface area contributed by atoms with Gasteiger partial charge in [0.1, 0.15) is 23.5 Å². The molecule has 0 fully saturated rings. The molecule has 0 amide bonds. The van der Waals surface area contributed by atoms with Crippen LogP contribution in [0.2, 0.25) is 5.02 Å². The van der Waals surface area contributed by atoms with Crippen molar-refractivity contribution in [2.24, 2.45) is 11.8 Å². The zero-order valence-corrected chi connectivity index (χ0v) is 18.2. The minimum Gasteiger partial charge on any atom is -0.495 e. The van der Waals surface area contributed by atoms with Crippen LogP contribution in [0.4, 0.5) is 23.0 Å². The number of benzene rings is 1. The molecule has 3 N–H and O–H groups in total. The van der Waals surface area contributed by atoms with Gasteiger partial charge in [-0.1, -0.05) is 39.3 Å². The molecule has 2 aromatic rings. The quantitative estimate of drug-likeness (QED) is 0.628. The van der Waals surface area contributed by atoms with E-state index in [0.29, 0.717) is 45.6 Å². The number of hydrogen-bond donors (Lipinski definition) is 2. The van der Waals surface area contributed by atoms with E-state index in [-0.39, 0.29) is 0 Å². The van der Waals surface area contributed by atoms with E-state index in [2.05, 4.69) is 47.9 Å². The lowest BCUT2D eigenvalue weighted by Gasteiger charge is -2.28. The first-order valence-electron chi connectivity index (χ1n) is 9.30. The fourth-order valence-electron chi connectivity index (χ4n) is 2.95. The number of nitrogens with one attached hydrogen (secondary N) is 1. The molecule has 0 aliphatic rings. The number of aromatic nitrogens is 2. The highest BCUT2D eigenvalue weighted by Crippen LogP contribution is 2.38. The summed E-state index contributed by atoms with van der Waals surface area (Å²) in [6.07, 6.45) is 1.51. The van der Waals surface area contributed by atoms with Crippen LogP contribution in [0, 0.1) is 11.8 Å². The second-order valence-corrected chi connectivity index (χ2v) is 7.87. The number of hydrogen-bond acceptors (Lipinski definition) is 7. The normalized spacial score (nSPS) is 11.0. The average Bonchev–Trinajstić information content (AvgIpc) is 2.62. The smallest absolute Gasteiger partial charge is 0.159 e. The maximum absolute atomic E-state index is 6.44. The first-order chi connectivity index (χ1) is 13.3. The van der Waals surface area contributed by atoms with Crippen molar-refractivity contribution in [3.8, 4) is 11.5 Å². The molecule has 1 aromatic heterocycles. The van der Waals surface area contributed by atoms with Crippen LogP contribution in [0.5, 0.6) is 11.5 Å². The molecular weight excluding hydrogens is 378 g/mol. The van der Waals surface area contributed by atoms with E-state index < -0.39 is 0 Å². The molecule has 154 valence electrons. The van der Waals surface area contributed by atoms with Gasteiger partial charge in [-0.3, -0.25) is 0 Å². The van der Waals surface area contributed by atoms with Crippen LogP contribution in [0.15, 0.2) is 18.5 Å². The predicted molar refractivity (Wildman–Crippen MR) is 116 cm³/mol. The van der Waals surface area contributed by atoms with Gasteiger partial charge in [0.05, 0.1) is 24.9 Å². The zero-order chi connectivity index (χ0) is 20.8. The zero-order valence-electron chi connectivity index (χ0n) is 17.4. The number of nitrogens with two attached hydrogens (primary N) is 1. The average molecular weight is 408 g/mol. The summed E-state index contributed by atoms with van der Waals surface area (Å²) in [7, 11) is 3.14. The van der Waals surface area contributed by atoms with Crippen LogP contribution in [-0.4, -0.2) is 37.3 Å². The Morgan fingerprint density at radius 1 is 1.04 bits per heavy atom. The molecule has 0 bridgehead atoms. The Kier molecular flexibility index (Phi) is 7.57. The topological polar surface area (TPSA) is 85.5 Å². The molecule has 0 aliphatic carbocycles. The van der Waals surface area contributed by atoms with Crippen molar-refractivity contribution in [3.05, 3.63) is 23.5 Å². The van der Waals surface area contributed by atoms with Gasteiger partial charge in [-0.05, 0) is 17.9 Å². The van der Waals surface area contributed by atoms with Crippen LogP contribution in [0.3, 0.4) is 0 Å². The van der Waals surface area contributed by atoms with Crippen molar-refractivity contribution in [2.75, 3.05) is 43.3 Å². The van der Waals surface area contributed by atoms with Crippen molar-refractivity contribution in [1.82, 2.24) is 9.97 Å². The molecule has 0 saturated carbocycles. The van der Waals surface area contributed by atoms with Crippen LogP contribution in [0.1, 0.15) is 27.7 Å². The van der Waals surface area contributed by atoms with Gasteiger partial charge in [0.2, 0.25) is 0 Å². The fourth-order valence-corrected chi connectivity index (χ4v) is 3.19. The van der Waals surface area contributed by atoms with Crippen LogP contribution in [-0.2, 0) is 0 Å². The molecule has 28 heavy (non-hydrogen) atoms. The number of nitrogens with zero attached hydrogens (tertiary/aromatic N) is 3. The van der Waals surface area contributed by atoms with Crippen molar-refractivity contribution in [2.45, 2.75) is 27.7 Å². The first kappa shape index (κ1) is 21.9. The number of halogens is 1. The molecule has 1 heterocycles. The summed E-state index contributed by atoms with van der Waals surface area (Å²) in [5.74, 6) is 3.28. The molecule has 0 atom stereocenters. The second-order valence-electron chi connectivity index (χ2n) is 7.46. The largest absolute Gasteiger partial charge is 0.495 e. The Balaban J connectivity index is 2.41. The Morgan fingerprint density at radius 2 is 1.64 bits per heavy atom. The Morgan fingerprint density at radius 3 is 2.18 bits per heavy atom. The van der Waals surface area contributed by atoms with Crippen molar-refractivity contribution < 1.29 is 9.47 Å². The molecule has 0 spiro atoms. The van der Waals surface area contributed by atoms with Crippen molar-refractivity contribution in [1.29, 1.82) is 0 Å². The Hall–Kier alpha value is -2.41. The third kappa shape index (κ3) is 5.32. The number of methoxy groups -OCH3 is 2. The molecule has 0 saturated heterocycles. The summed E-state index contributed by atoms with van der Waals surface area (Å²) < 4.78 is 10.7. The van der Waals surface area contributed by atoms with E-state index >= 15 is 0 Å². The van der Waals surface area contributed by atoms with Crippen molar-refractivity contribution >= 4 is 34.6 Å². The molecule has 0 unspecified atom stereocenters. The van der Waals surface area contributed by atoms with E-state index in [4.69, 9.17) is 26.8 Å². The lowest BCUT2D eigenvalue weighted by atomic mass is 10.1. The van der Waals surface area contributed by atoms with Crippen LogP contribution < -0.4 is 25.4 Å². The van der Waals surface area contributed by atoms with E-state index in [0.717, 1.165) is 18.9 Å². The maximum Gasteiger partial charge on any atom is 0.159 e. The van der Waals surface area contributed by atoms with Crippen molar-refractivity contribution in [3.63, 3.8) is 0 Å². The van der Waals surface area contributed by atoms with E-state index in [1.54, 1.807) is 26.4 Å². The lowest BCUT2D eigenvalue weighted by Crippen LogP contribution is -2.32. The van der Waals surface area contributed by atoms with Gasteiger partial charge >= 0.3 is 0 Å². The molecule has 8 heteroatoms. The van der Waals surface area contributed by atoms with Gasteiger partial charge in [0, 0.05) is 19.2 Å².